The normalized spacial score (nSPS) is 12.8. The van der Waals surface area contributed by atoms with Crippen molar-refractivity contribution in [3.8, 4) is 0 Å². The summed E-state index contributed by atoms with van der Waals surface area (Å²) < 4.78 is 0. The molecule has 1 N–H and O–H groups in total. The van der Waals surface area contributed by atoms with Crippen LogP contribution in [0.3, 0.4) is 0 Å². The Morgan fingerprint density at radius 2 is 1.94 bits per heavy atom. The monoisotopic (exact) mass is 242 g/mol. The molecule has 0 bridgehead atoms. The fourth-order valence-electron chi connectivity index (χ4n) is 2.29. The summed E-state index contributed by atoms with van der Waals surface area (Å²) >= 11 is 0. The summed E-state index contributed by atoms with van der Waals surface area (Å²) in [5.74, 6) is 0. The smallest absolute Gasteiger partial charge is 0.0706 e. The summed E-state index contributed by atoms with van der Waals surface area (Å²) in [4.78, 5) is 4.78. The first-order valence-corrected chi connectivity index (χ1v) is 6.94. The standard InChI is InChI=1S/C16H22N2/c1-3-5-9-15(17-4-2)16-12-11-13-8-6-7-10-14(13)18-16/h6-8,10-12,15,17H,3-5,9H2,1-2H3. The van der Waals surface area contributed by atoms with Crippen molar-refractivity contribution in [2.24, 2.45) is 0 Å². The van der Waals surface area contributed by atoms with Crippen LogP contribution in [-0.2, 0) is 0 Å². The second kappa shape index (κ2) is 6.50. The molecule has 0 saturated heterocycles. The van der Waals surface area contributed by atoms with Gasteiger partial charge in [0.1, 0.15) is 0 Å². The molecular weight excluding hydrogens is 220 g/mol. The molecule has 2 heteroatoms. The maximum absolute atomic E-state index is 4.78. The zero-order valence-corrected chi connectivity index (χ0v) is 11.3. The number of aromatic nitrogens is 1. The van der Waals surface area contributed by atoms with Gasteiger partial charge < -0.3 is 5.32 Å². The average Bonchev–Trinajstić information content (AvgIpc) is 2.43. The second-order valence-electron chi connectivity index (χ2n) is 4.68. The Kier molecular flexibility index (Phi) is 4.71. The van der Waals surface area contributed by atoms with Crippen molar-refractivity contribution in [3.63, 3.8) is 0 Å². The first-order valence-electron chi connectivity index (χ1n) is 6.94. The molecule has 0 amide bonds. The number of para-hydroxylation sites is 1. The highest BCUT2D eigenvalue weighted by Crippen LogP contribution is 2.20. The maximum atomic E-state index is 4.78. The molecule has 18 heavy (non-hydrogen) atoms. The molecule has 2 nitrogen and oxygen atoms in total. The summed E-state index contributed by atoms with van der Waals surface area (Å²) in [6.07, 6.45) is 3.64. The molecule has 2 rings (SSSR count). The highest BCUT2D eigenvalue weighted by Gasteiger charge is 2.11. The fraction of sp³-hybridized carbons (Fsp3) is 0.438. The number of hydrogen-bond donors (Lipinski definition) is 1. The minimum absolute atomic E-state index is 0.388. The third kappa shape index (κ3) is 3.08. The minimum atomic E-state index is 0.388. The molecule has 0 spiro atoms. The van der Waals surface area contributed by atoms with Crippen LogP contribution < -0.4 is 5.32 Å². The number of pyridine rings is 1. The molecule has 0 radical (unpaired) electrons. The van der Waals surface area contributed by atoms with E-state index in [9.17, 15) is 0 Å². The molecule has 0 fully saturated rings. The average molecular weight is 242 g/mol. The third-order valence-corrected chi connectivity index (χ3v) is 3.27. The van der Waals surface area contributed by atoms with Gasteiger partial charge in [0, 0.05) is 11.4 Å². The lowest BCUT2D eigenvalue weighted by Gasteiger charge is -2.17. The summed E-state index contributed by atoms with van der Waals surface area (Å²) in [5, 5.41) is 4.75. The van der Waals surface area contributed by atoms with Gasteiger partial charge in [-0.1, -0.05) is 51.0 Å². The lowest BCUT2D eigenvalue weighted by Crippen LogP contribution is -2.21. The van der Waals surface area contributed by atoms with Crippen LogP contribution in [0.1, 0.15) is 44.8 Å². The first-order chi connectivity index (χ1) is 8.85. The predicted octanol–water partition coefficient (Wildman–Crippen LogP) is 4.08. The molecule has 1 unspecified atom stereocenters. The van der Waals surface area contributed by atoms with Crippen molar-refractivity contribution < 1.29 is 0 Å². The van der Waals surface area contributed by atoms with Gasteiger partial charge in [0.05, 0.1) is 11.2 Å². The molecule has 1 atom stereocenters. The lowest BCUT2D eigenvalue weighted by atomic mass is 10.0. The van der Waals surface area contributed by atoms with Gasteiger partial charge >= 0.3 is 0 Å². The number of rotatable bonds is 6. The Bertz CT molecular complexity index is 493. The van der Waals surface area contributed by atoms with Crippen LogP contribution in [0.2, 0.25) is 0 Å². The SMILES string of the molecule is CCCCC(NCC)c1ccc2ccccc2n1. The maximum Gasteiger partial charge on any atom is 0.0706 e. The fourth-order valence-corrected chi connectivity index (χ4v) is 2.29. The van der Waals surface area contributed by atoms with Crippen molar-refractivity contribution in [2.45, 2.75) is 39.2 Å². The number of unbranched alkanes of at least 4 members (excludes halogenated alkanes) is 1. The zero-order chi connectivity index (χ0) is 12.8. The van der Waals surface area contributed by atoms with E-state index in [1.807, 2.05) is 6.07 Å². The molecule has 0 aliphatic carbocycles. The van der Waals surface area contributed by atoms with Gasteiger partial charge in [-0.15, -0.1) is 0 Å². The van der Waals surface area contributed by atoms with Crippen LogP contribution >= 0.6 is 0 Å². The van der Waals surface area contributed by atoms with E-state index in [-0.39, 0.29) is 0 Å². The highest BCUT2D eigenvalue weighted by atomic mass is 14.9. The van der Waals surface area contributed by atoms with Gasteiger partial charge in [-0.2, -0.15) is 0 Å². The number of hydrogen-bond acceptors (Lipinski definition) is 2. The molecule has 1 aromatic heterocycles. The van der Waals surface area contributed by atoms with E-state index < -0.39 is 0 Å². The highest BCUT2D eigenvalue weighted by molar-refractivity contribution is 5.78. The van der Waals surface area contributed by atoms with E-state index in [1.54, 1.807) is 0 Å². The minimum Gasteiger partial charge on any atom is -0.309 e. The zero-order valence-electron chi connectivity index (χ0n) is 11.3. The lowest BCUT2D eigenvalue weighted by molar-refractivity contribution is 0.486. The van der Waals surface area contributed by atoms with E-state index in [0.29, 0.717) is 6.04 Å². The van der Waals surface area contributed by atoms with Gasteiger partial charge in [0.25, 0.3) is 0 Å². The van der Waals surface area contributed by atoms with Gasteiger partial charge in [0.2, 0.25) is 0 Å². The van der Waals surface area contributed by atoms with Crippen molar-refractivity contribution >= 4 is 10.9 Å². The van der Waals surface area contributed by atoms with Crippen molar-refractivity contribution in [2.75, 3.05) is 6.54 Å². The van der Waals surface area contributed by atoms with E-state index in [4.69, 9.17) is 4.98 Å². The summed E-state index contributed by atoms with van der Waals surface area (Å²) in [6, 6.07) is 13.0. The van der Waals surface area contributed by atoms with E-state index in [0.717, 1.165) is 18.5 Å². The Morgan fingerprint density at radius 3 is 2.72 bits per heavy atom. The van der Waals surface area contributed by atoms with Crippen molar-refractivity contribution in [1.29, 1.82) is 0 Å². The Hall–Kier alpha value is -1.41. The molecule has 2 aromatic rings. The quantitative estimate of drug-likeness (QED) is 0.825. The molecule has 1 heterocycles. The number of nitrogens with zero attached hydrogens (tertiary/aromatic N) is 1. The van der Waals surface area contributed by atoms with Gasteiger partial charge in [0.15, 0.2) is 0 Å². The second-order valence-corrected chi connectivity index (χ2v) is 4.68. The largest absolute Gasteiger partial charge is 0.309 e. The van der Waals surface area contributed by atoms with Crippen LogP contribution in [0.25, 0.3) is 10.9 Å². The van der Waals surface area contributed by atoms with Crippen molar-refractivity contribution in [1.82, 2.24) is 10.3 Å². The third-order valence-electron chi connectivity index (χ3n) is 3.27. The molecule has 0 aliphatic heterocycles. The van der Waals surface area contributed by atoms with Crippen LogP contribution in [-0.4, -0.2) is 11.5 Å². The molecule has 0 saturated carbocycles. The summed E-state index contributed by atoms with van der Waals surface area (Å²) in [6.45, 7) is 5.37. The van der Waals surface area contributed by atoms with Gasteiger partial charge in [-0.05, 0) is 25.1 Å². The van der Waals surface area contributed by atoms with Crippen LogP contribution in [0.4, 0.5) is 0 Å². The first kappa shape index (κ1) is 13.0. The Morgan fingerprint density at radius 1 is 1.11 bits per heavy atom. The number of nitrogens with one attached hydrogen (secondary N) is 1. The Labute approximate surface area is 109 Å². The summed E-state index contributed by atoms with van der Waals surface area (Å²) in [5.41, 5.74) is 2.26. The number of benzene rings is 1. The number of fused-ring (bicyclic) bond motifs is 1. The van der Waals surface area contributed by atoms with Crippen LogP contribution in [0, 0.1) is 0 Å². The molecular formula is C16H22N2. The van der Waals surface area contributed by atoms with E-state index in [1.165, 1.54) is 23.9 Å². The topological polar surface area (TPSA) is 24.9 Å². The van der Waals surface area contributed by atoms with Crippen LogP contribution in [0.5, 0.6) is 0 Å². The predicted molar refractivity (Wildman–Crippen MR) is 77.7 cm³/mol. The van der Waals surface area contributed by atoms with E-state index >= 15 is 0 Å². The molecule has 96 valence electrons. The van der Waals surface area contributed by atoms with Crippen LogP contribution in [0.15, 0.2) is 36.4 Å². The Balaban J connectivity index is 2.25. The van der Waals surface area contributed by atoms with Crippen molar-refractivity contribution in [3.05, 3.63) is 42.1 Å². The summed E-state index contributed by atoms with van der Waals surface area (Å²) in [7, 11) is 0. The van der Waals surface area contributed by atoms with Gasteiger partial charge in [-0.3, -0.25) is 4.98 Å². The molecule has 1 aromatic carbocycles. The molecule has 0 aliphatic rings. The van der Waals surface area contributed by atoms with E-state index in [2.05, 4.69) is 49.5 Å². The van der Waals surface area contributed by atoms with Gasteiger partial charge in [-0.25, -0.2) is 0 Å².